The molecule has 6 heteroatoms. The molecule has 2 unspecified atom stereocenters. The maximum Gasteiger partial charge on any atom is 0.0930 e. The number of nitrogens with zero attached hydrogens (tertiary/aromatic N) is 2. The van der Waals surface area contributed by atoms with E-state index in [9.17, 15) is 0 Å². The second-order valence-corrected chi connectivity index (χ2v) is 6.04. The molecule has 1 aromatic rings. The molecule has 0 amide bonds. The average Bonchev–Trinajstić information content (AvgIpc) is 2.73. The normalized spacial score (nSPS) is 25.8. The van der Waals surface area contributed by atoms with Crippen molar-refractivity contribution in [2.45, 2.75) is 57.7 Å². The number of nitrogens with two attached hydrogens (primary N) is 1. The van der Waals surface area contributed by atoms with Gasteiger partial charge in [-0.15, -0.1) is 0 Å². The molecule has 1 fully saturated rings. The molecule has 5 nitrogen and oxygen atoms in total. The van der Waals surface area contributed by atoms with Gasteiger partial charge in [-0.25, -0.2) is 5.43 Å². The van der Waals surface area contributed by atoms with Crippen LogP contribution in [-0.2, 0) is 4.74 Å². The van der Waals surface area contributed by atoms with Crippen LogP contribution in [0.15, 0.2) is 6.20 Å². The molecule has 2 atom stereocenters. The minimum absolute atomic E-state index is 0.162. The Hall–Kier alpha value is -0.620. The van der Waals surface area contributed by atoms with Gasteiger partial charge in [0, 0.05) is 12.6 Å². The van der Waals surface area contributed by atoms with Crippen LogP contribution in [0.1, 0.15) is 57.8 Å². The average molecular weight is 287 g/mol. The molecule has 19 heavy (non-hydrogen) atoms. The first-order chi connectivity index (χ1) is 8.99. The Morgan fingerprint density at radius 2 is 2.26 bits per heavy atom. The fraction of sp³-hybridized carbons (Fsp3) is 0.769. The summed E-state index contributed by atoms with van der Waals surface area (Å²) < 4.78 is 7.90. The van der Waals surface area contributed by atoms with Crippen LogP contribution in [-0.4, -0.2) is 22.0 Å². The van der Waals surface area contributed by atoms with Crippen molar-refractivity contribution in [1.82, 2.24) is 15.2 Å². The molecule has 1 saturated heterocycles. The van der Waals surface area contributed by atoms with Gasteiger partial charge in [0.15, 0.2) is 0 Å². The van der Waals surface area contributed by atoms with Gasteiger partial charge in [-0.2, -0.15) is 5.10 Å². The first-order valence-corrected chi connectivity index (χ1v) is 7.20. The Bertz CT molecular complexity index is 426. The van der Waals surface area contributed by atoms with Gasteiger partial charge in [-0.1, -0.05) is 11.6 Å². The third kappa shape index (κ3) is 2.79. The van der Waals surface area contributed by atoms with E-state index in [4.69, 9.17) is 22.2 Å². The maximum atomic E-state index is 6.31. The molecule has 0 radical (unpaired) electrons. The number of ether oxygens (including phenoxy) is 1. The fourth-order valence-corrected chi connectivity index (χ4v) is 3.00. The van der Waals surface area contributed by atoms with Crippen LogP contribution in [0.25, 0.3) is 0 Å². The Balaban J connectivity index is 2.38. The van der Waals surface area contributed by atoms with E-state index in [-0.39, 0.29) is 17.7 Å². The summed E-state index contributed by atoms with van der Waals surface area (Å²) in [6.45, 7) is 7.00. The van der Waals surface area contributed by atoms with Gasteiger partial charge in [0.05, 0.1) is 28.6 Å². The second kappa shape index (κ2) is 5.79. The van der Waals surface area contributed by atoms with Gasteiger partial charge in [-0.3, -0.25) is 10.5 Å². The van der Waals surface area contributed by atoms with Crippen LogP contribution in [0.4, 0.5) is 0 Å². The van der Waals surface area contributed by atoms with Crippen molar-refractivity contribution in [3.05, 3.63) is 16.9 Å². The molecule has 2 heterocycles. The smallest absolute Gasteiger partial charge is 0.0930 e. The van der Waals surface area contributed by atoms with Gasteiger partial charge < -0.3 is 4.74 Å². The summed E-state index contributed by atoms with van der Waals surface area (Å²) in [6, 6.07) is 0.0655. The van der Waals surface area contributed by atoms with E-state index in [1.807, 2.05) is 4.68 Å². The lowest BCUT2D eigenvalue weighted by Gasteiger charge is -2.40. The molecular weight excluding hydrogens is 264 g/mol. The van der Waals surface area contributed by atoms with Crippen LogP contribution < -0.4 is 11.3 Å². The summed E-state index contributed by atoms with van der Waals surface area (Å²) >= 11 is 6.31. The van der Waals surface area contributed by atoms with Gasteiger partial charge >= 0.3 is 0 Å². The highest BCUT2D eigenvalue weighted by Gasteiger charge is 2.40. The molecule has 0 aromatic carbocycles. The minimum atomic E-state index is -0.344. The zero-order valence-electron chi connectivity index (χ0n) is 11.8. The van der Waals surface area contributed by atoms with E-state index in [0.717, 1.165) is 31.6 Å². The summed E-state index contributed by atoms with van der Waals surface area (Å²) in [4.78, 5) is 0. The largest absolute Gasteiger partial charge is 0.373 e. The summed E-state index contributed by atoms with van der Waals surface area (Å²) in [6.07, 6.45) is 4.88. The van der Waals surface area contributed by atoms with Gasteiger partial charge in [0.1, 0.15) is 0 Å². The zero-order valence-corrected chi connectivity index (χ0v) is 12.6. The number of aromatic nitrogens is 2. The number of hydrazine groups is 1. The number of nitrogens with one attached hydrogen (secondary N) is 1. The van der Waals surface area contributed by atoms with E-state index in [0.29, 0.717) is 5.02 Å². The summed E-state index contributed by atoms with van der Waals surface area (Å²) in [5.41, 5.74) is 3.44. The maximum absolute atomic E-state index is 6.31. The van der Waals surface area contributed by atoms with Crippen LogP contribution in [0.3, 0.4) is 0 Å². The molecular formula is C13H23ClN4O. The fourth-order valence-electron chi connectivity index (χ4n) is 2.76. The predicted molar refractivity (Wildman–Crippen MR) is 75.9 cm³/mol. The monoisotopic (exact) mass is 286 g/mol. The van der Waals surface area contributed by atoms with E-state index in [2.05, 4.69) is 31.3 Å². The predicted octanol–water partition coefficient (Wildman–Crippen LogP) is 2.58. The standard InChI is InChI=1S/C13H23ClN4O/c1-9(2)18-11(10(14)8-16-18)12(17-15)13(3)6-4-5-7-19-13/h8-9,12,17H,4-7,15H2,1-3H3. The van der Waals surface area contributed by atoms with Gasteiger partial charge in [0.2, 0.25) is 0 Å². The number of hydrogen-bond donors (Lipinski definition) is 2. The first kappa shape index (κ1) is 14.8. The lowest BCUT2D eigenvalue weighted by molar-refractivity contribution is -0.0915. The molecule has 1 aliphatic rings. The second-order valence-electron chi connectivity index (χ2n) is 5.63. The SMILES string of the molecule is CC(C)n1ncc(Cl)c1C(NN)C1(C)CCCCO1. The molecule has 0 bridgehead atoms. The topological polar surface area (TPSA) is 65.1 Å². The molecule has 1 aliphatic heterocycles. The van der Waals surface area contributed by atoms with Crippen LogP contribution in [0.2, 0.25) is 5.02 Å². The molecule has 1 aromatic heterocycles. The quantitative estimate of drug-likeness (QED) is 0.659. The number of hydrogen-bond acceptors (Lipinski definition) is 4. The highest BCUT2D eigenvalue weighted by molar-refractivity contribution is 6.31. The lowest BCUT2D eigenvalue weighted by atomic mass is 9.86. The van der Waals surface area contributed by atoms with Gasteiger partial charge in [-0.05, 0) is 40.0 Å². The Kier molecular flexibility index (Phi) is 4.50. The van der Waals surface area contributed by atoms with E-state index >= 15 is 0 Å². The van der Waals surface area contributed by atoms with Crippen molar-refractivity contribution in [2.75, 3.05) is 6.61 Å². The van der Waals surface area contributed by atoms with Crippen LogP contribution in [0, 0.1) is 0 Å². The summed E-state index contributed by atoms with van der Waals surface area (Å²) in [5, 5.41) is 4.98. The third-order valence-corrected chi connectivity index (χ3v) is 4.12. The van der Waals surface area contributed by atoms with Crippen molar-refractivity contribution < 1.29 is 4.74 Å². The van der Waals surface area contributed by atoms with E-state index < -0.39 is 0 Å². The highest BCUT2D eigenvalue weighted by Crippen LogP contribution is 2.39. The number of halogens is 1. The van der Waals surface area contributed by atoms with Crippen molar-refractivity contribution in [3.63, 3.8) is 0 Å². The van der Waals surface area contributed by atoms with Crippen molar-refractivity contribution in [2.24, 2.45) is 5.84 Å². The van der Waals surface area contributed by atoms with E-state index in [1.165, 1.54) is 0 Å². The molecule has 2 rings (SSSR count). The van der Waals surface area contributed by atoms with Crippen molar-refractivity contribution in [1.29, 1.82) is 0 Å². The molecule has 0 aliphatic carbocycles. The van der Waals surface area contributed by atoms with Crippen molar-refractivity contribution >= 4 is 11.6 Å². The Morgan fingerprint density at radius 1 is 1.53 bits per heavy atom. The van der Waals surface area contributed by atoms with Crippen LogP contribution in [0.5, 0.6) is 0 Å². The molecule has 0 saturated carbocycles. The van der Waals surface area contributed by atoms with E-state index in [1.54, 1.807) is 6.20 Å². The third-order valence-electron chi connectivity index (χ3n) is 3.83. The molecule has 0 spiro atoms. The molecule has 3 N–H and O–H groups in total. The zero-order chi connectivity index (χ0) is 14.0. The first-order valence-electron chi connectivity index (χ1n) is 6.82. The summed E-state index contributed by atoms with van der Waals surface area (Å²) in [5.74, 6) is 5.79. The van der Waals surface area contributed by atoms with Crippen LogP contribution >= 0.6 is 11.6 Å². The summed E-state index contributed by atoms with van der Waals surface area (Å²) in [7, 11) is 0. The van der Waals surface area contributed by atoms with Crippen molar-refractivity contribution in [3.8, 4) is 0 Å². The minimum Gasteiger partial charge on any atom is -0.373 e. The molecule has 108 valence electrons. The van der Waals surface area contributed by atoms with Gasteiger partial charge in [0.25, 0.3) is 0 Å². The Labute approximate surface area is 119 Å². The lowest BCUT2D eigenvalue weighted by Crippen LogP contribution is -2.49. The highest BCUT2D eigenvalue weighted by atomic mass is 35.5. The number of rotatable bonds is 4. The Morgan fingerprint density at radius 3 is 2.79 bits per heavy atom.